The van der Waals surface area contributed by atoms with Crippen molar-refractivity contribution < 1.29 is 19.2 Å². The number of hydrogen-bond acceptors (Lipinski definition) is 5. The third kappa shape index (κ3) is 2.74. The van der Waals surface area contributed by atoms with Crippen LogP contribution in [0.2, 0.25) is 0 Å². The van der Waals surface area contributed by atoms with E-state index in [1.54, 1.807) is 0 Å². The second-order valence-electron chi connectivity index (χ2n) is 2.20. The Morgan fingerprint density at radius 3 is 2.43 bits per heavy atom. The molecule has 0 N–H and O–H groups in total. The fourth-order valence-corrected chi connectivity index (χ4v) is 0.752. The van der Waals surface area contributed by atoms with Gasteiger partial charge in [-0.05, 0) is 12.1 Å². The molecule has 1 aromatic carbocycles. The Morgan fingerprint density at radius 1 is 1.29 bits per heavy atom. The van der Waals surface area contributed by atoms with Gasteiger partial charge in [0.1, 0.15) is 5.75 Å². The van der Waals surface area contributed by atoms with E-state index in [2.05, 4.69) is 4.74 Å². The Hall–Kier alpha value is -2.11. The van der Waals surface area contributed by atoms with Crippen LogP contribution in [-0.4, -0.2) is 11.4 Å². The van der Waals surface area contributed by atoms with Gasteiger partial charge in [0, 0.05) is 12.1 Å². The minimum atomic E-state index is -0.518. The predicted molar refractivity (Wildman–Crippen MR) is 45.2 cm³/mol. The first kappa shape index (κ1) is 9.97. The number of benzene rings is 1. The molecule has 6 heteroatoms. The van der Waals surface area contributed by atoms with Gasteiger partial charge in [-0.25, -0.2) is 0 Å². The highest BCUT2D eigenvalue weighted by molar-refractivity contribution is 5.38. The number of ether oxygens (including phenoxy) is 2. The van der Waals surface area contributed by atoms with Crippen molar-refractivity contribution in [3.8, 4) is 5.75 Å². The van der Waals surface area contributed by atoms with E-state index in [9.17, 15) is 14.9 Å². The van der Waals surface area contributed by atoms with Gasteiger partial charge in [-0.3, -0.25) is 14.9 Å². The fourth-order valence-electron chi connectivity index (χ4n) is 0.752. The van der Waals surface area contributed by atoms with Gasteiger partial charge in [0.25, 0.3) is 12.2 Å². The number of non-ortho nitro benzene ring substituents is 1. The average Bonchev–Trinajstić information content (AvgIpc) is 2.19. The molecule has 0 saturated heterocycles. The van der Waals surface area contributed by atoms with Crippen LogP contribution in [0.5, 0.6) is 5.75 Å². The Balaban J connectivity index is 2.55. The molecule has 0 aliphatic rings. The number of nitro groups is 1. The van der Waals surface area contributed by atoms with Crippen molar-refractivity contribution in [1.29, 1.82) is 0 Å². The molecule has 1 radical (unpaired) electrons. The molecule has 73 valence electrons. The Kier molecular flexibility index (Phi) is 3.42. The van der Waals surface area contributed by atoms with E-state index in [0.717, 1.165) is 6.79 Å². The molecule has 1 aromatic rings. The molecular weight excluding hydrogens is 190 g/mol. The molecule has 14 heavy (non-hydrogen) atoms. The molecule has 0 atom stereocenters. The summed E-state index contributed by atoms with van der Waals surface area (Å²) < 4.78 is 8.93. The molecule has 0 aliphatic heterocycles. The smallest absolute Gasteiger partial charge is 0.318 e. The molecular formula is C8H6NO5. The SMILES string of the molecule is O=CO[CH]Oc1ccc([N+](=O)[O-])cc1. The van der Waals surface area contributed by atoms with E-state index in [1.807, 2.05) is 0 Å². The van der Waals surface area contributed by atoms with E-state index in [-0.39, 0.29) is 12.2 Å². The maximum Gasteiger partial charge on any atom is 0.318 e. The van der Waals surface area contributed by atoms with Crippen LogP contribution in [0, 0.1) is 16.9 Å². The molecule has 6 nitrogen and oxygen atoms in total. The van der Waals surface area contributed by atoms with Crippen molar-refractivity contribution in [2.24, 2.45) is 0 Å². The minimum Gasteiger partial charge on any atom is -0.448 e. The third-order valence-electron chi connectivity index (χ3n) is 1.34. The highest BCUT2D eigenvalue weighted by Crippen LogP contribution is 2.17. The number of carbonyl (C=O) groups is 1. The quantitative estimate of drug-likeness (QED) is 0.306. The average molecular weight is 196 g/mol. The number of rotatable bonds is 5. The maximum atomic E-state index is 10.3. The summed E-state index contributed by atoms with van der Waals surface area (Å²) in [4.78, 5) is 19.5. The van der Waals surface area contributed by atoms with E-state index in [1.165, 1.54) is 24.3 Å². The van der Waals surface area contributed by atoms with Crippen LogP contribution >= 0.6 is 0 Å². The summed E-state index contributed by atoms with van der Waals surface area (Å²) in [5.74, 6) is 0.345. The zero-order chi connectivity index (χ0) is 10.4. The number of hydrogen-bond donors (Lipinski definition) is 0. The highest BCUT2D eigenvalue weighted by Gasteiger charge is 2.03. The van der Waals surface area contributed by atoms with Crippen LogP contribution in [0.15, 0.2) is 24.3 Å². The summed E-state index contributed by atoms with van der Waals surface area (Å²) in [6.45, 7) is 1.03. The Morgan fingerprint density at radius 2 is 1.93 bits per heavy atom. The summed E-state index contributed by atoms with van der Waals surface area (Å²) in [6, 6.07) is 5.35. The molecule has 0 aliphatic carbocycles. The van der Waals surface area contributed by atoms with Gasteiger partial charge < -0.3 is 9.47 Å². The Bertz CT molecular complexity index is 321. The lowest BCUT2D eigenvalue weighted by Gasteiger charge is -2.01. The van der Waals surface area contributed by atoms with Gasteiger partial charge in [-0.1, -0.05) is 0 Å². The van der Waals surface area contributed by atoms with Crippen molar-refractivity contribution >= 4 is 12.2 Å². The zero-order valence-electron chi connectivity index (χ0n) is 6.95. The van der Waals surface area contributed by atoms with Gasteiger partial charge in [0.05, 0.1) is 4.92 Å². The first-order valence-corrected chi connectivity index (χ1v) is 3.56. The summed E-state index contributed by atoms with van der Waals surface area (Å²) in [7, 11) is 0. The molecule has 0 aromatic heterocycles. The van der Waals surface area contributed by atoms with E-state index >= 15 is 0 Å². The largest absolute Gasteiger partial charge is 0.448 e. The van der Waals surface area contributed by atoms with Crippen LogP contribution < -0.4 is 4.74 Å². The second kappa shape index (κ2) is 4.80. The van der Waals surface area contributed by atoms with Crippen LogP contribution in [0.3, 0.4) is 0 Å². The van der Waals surface area contributed by atoms with E-state index < -0.39 is 4.92 Å². The molecule has 0 saturated carbocycles. The van der Waals surface area contributed by atoms with Crippen molar-refractivity contribution in [3.63, 3.8) is 0 Å². The lowest BCUT2D eigenvalue weighted by molar-refractivity contribution is -0.384. The maximum absolute atomic E-state index is 10.3. The van der Waals surface area contributed by atoms with Gasteiger partial charge in [0.15, 0.2) is 0 Å². The van der Waals surface area contributed by atoms with Gasteiger partial charge in [-0.2, -0.15) is 0 Å². The molecule has 1 rings (SSSR count). The molecule has 0 bridgehead atoms. The van der Waals surface area contributed by atoms with Crippen molar-refractivity contribution in [1.82, 2.24) is 0 Å². The summed E-state index contributed by atoms with van der Waals surface area (Å²) in [6.07, 6.45) is 0. The number of nitrogens with zero attached hydrogens (tertiary/aromatic N) is 1. The van der Waals surface area contributed by atoms with Crippen molar-refractivity contribution in [3.05, 3.63) is 41.2 Å². The third-order valence-corrected chi connectivity index (χ3v) is 1.34. The van der Waals surface area contributed by atoms with Crippen LogP contribution in [0.25, 0.3) is 0 Å². The highest BCUT2D eigenvalue weighted by atomic mass is 16.7. The molecule has 0 fully saturated rings. The molecule has 0 heterocycles. The lowest BCUT2D eigenvalue weighted by Crippen LogP contribution is -1.94. The van der Waals surface area contributed by atoms with Gasteiger partial charge in [0.2, 0.25) is 0 Å². The standard InChI is InChI=1S/C8H6NO5/c10-5-13-6-14-8-3-1-7(2-4-8)9(11)12/h1-6H. The summed E-state index contributed by atoms with van der Waals surface area (Å²) >= 11 is 0. The monoisotopic (exact) mass is 196 g/mol. The molecule has 0 amide bonds. The first-order chi connectivity index (χ1) is 6.74. The Labute approximate surface area is 79.2 Å². The van der Waals surface area contributed by atoms with Crippen LogP contribution in [-0.2, 0) is 9.53 Å². The normalized spacial score (nSPS) is 9.14. The number of carbonyl (C=O) groups excluding carboxylic acids is 1. The number of nitro benzene ring substituents is 1. The van der Waals surface area contributed by atoms with Crippen molar-refractivity contribution in [2.45, 2.75) is 0 Å². The van der Waals surface area contributed by atoms with E-state index in [0.29, 0.717) is 5.75 Å². The summed E-state index contributed by atoms with van der Waals surface area (Å²) in [5.41, 5.74) is -0.0337. The predicted octanol–water partition coefficient (Wildman–Crippen LogP) is 1.27. The topological polar surface area (TPSA) is 78.7 Å². The van der Waals surface area contributed by atoms with Crippen LogP contribution in [0.1, 0.15) is 0 Å². The first-order valence-electron chi connectivity index (χ1n) is 3.56. The van der Waals surface area contributed by atoms with Gasteiger partial charge >= 0.3 is 6.79 Å². The van der Waals surface area contributed by atoms with E-state index in [4.69, 9.17) is 4.74 Å². The second-order valence-corrected chi connectivity index (χ2v) is 2.20. The minimum absolute atomic E-state index is 0.0337. The molecule has 0 spiro atoms. The lowest BCUT2D eigenvalue weighted by atomic mass is 10.3. The molecule has 0 unspecified atom stereocenters. The summed E-state index contributed by atoms with van der Waals surface area (Å²) in [5, 5.41) is 10.3. The van der Waals surface area contributed by atoms with Gasteiger partial charge in [-0.15, -0.1) is 0 Å². The fraction of sp³-hybridized carbons (Fsp3) is 0. The van der Waals surface area contributed by atoms with Crippen LogP contribution in [0.4, 0.5) is 5.69 Å². The van der Waals surface area contributed by atoms with Crippen molar-refractivity contribution in [2.75, 3.05) is 0 Å². The zero-order valence-corrected chi connectivity index (χ0v) is 6.95.